The molecule has 1 aliphatic heterocycles. The van der Waals surface area contributed by atoms with Crippen LogP contribution in [0.15, 0.2) is 23.1 Å². The number of carbonyl (C=O) groups is 1. The number of rotatable bonds is 2. The first-order valence-corrected chi connectivity index (χ1v) is 7.48. The van der Waals surface area contributed by atoms with Crippen LogP contribution in [0, 0.1) is 6.92 Å². The number of nitrogens with zero attached hydrogens (tertiary/aromatic N) is 1. The smallest absolute Gasteiger partial charge is 0.243 e. The molecule has 19 heavy (non-hydrogen) atoms. The SMILES string of the molecule is Cc1cc(S(=O)(=O)N2CCCNC(=O)C2)ccc1N. The van der Waals surface area contributed by atoms with Crippen molar-refractivity contribution in [3.63, 3.8) is 0 Å². The number of carbonyl (C=O) groups excluding carboxylic acids is 1. The molecule has 0 radical (unpaired) electrons. The minimum atomic E-state index is -3.64. The molecule has 6 nitrogen and oxygen atoms in total. The van der Waals surface area contributed by atoms with Crippen molar-refractivity contribution in [2.45, 2.75) is 18.2 Å². The monoisotopic (exact) mass is 283 g/mol. The van der Waals surface area contributed by atoms with Gasteiger partial charge in [0.25, 0.3) is 0 Å². The maximum atomic E-state index is 12.5. The lowest BCUT2D eigenvalue weighted by Crippen LogP contribution is -2.37. The summed E-state index contributed by atoms with van der Waals surface area (Å²) in [6.45, 7) is 2.46. The van der Waals surface area contributed by atoms with Gasteiger partial charge in [0.1, 0.15) is 0 Å². The van der Waals surface area contributed by atoms with Gasteiger partial charge >= 0.3 is 0 Å². The van der Waals surface area contributed by atoms with Gasteiger partial charge in [-0.15, -0.1) is 0 Å². The molecule has 7 heteroatoms. The molecule has 104 valence electrons. The van der Waals surface area contributed by atoms with E-state index in [1.165, 1.54) is 16.4 Å². The first kappa shape index (κ1) is 13.8. The summed E-state index contributed by atoms with van der Waals surface area (Å²) in [6.07, 6.45) is 0.610. The highest BCUT2D eigenvalue weighted by Crippen LogP contribution is 2.21. The van der Waals surface area contributed by atoms with Crippen LogP contribution in [0.3, 0.4) is 0 Å². The molecule has 0 bridgehead atoms. The van der Waals surface area contributed by atoms with E-state index in [0.717, 1.165) is 0 Å². The minimum absolute atomic E-state index is 0.133. The Hall–Kier alpha value is -1.60. The van der Waals surface area contributed by atoms with Crippen molar-refractivity contribution in [1.82, 2.24) is 9.62 Å². The summed E-state index contributed by atoms with van der Waals surface area (Å²) < 4.78 is 26.1. The molecule has 0 atom stereocenters. The lowest BCUT2D eigenvalue weighted by Gasteiger charge is -2.19. The van der Waals surface area contributed by atoms with Gasteiger partial charge in [-0.05, 0) is 37.1 Å². The molecule has 0 unspecified atom stereocenters. The van der Waals surface area contributed by atoms with Crippen LogP contribution in [-0.4, -0.2) is 38.3 Å². The fourth-order valence-corrected chi connectivity index (χ4v) is 3.46. The Morgan fingerprint density at radius 1 is 1.37 bits per heavy atom. The molecule has 1 saturated heterocycles. The normalized spacial score (nSPS) is 17.8. The highest BCUT2D eigenvalue weighted by molar-refractivity contribution is 7.89. The van der Waals surface area contributed by atoms with Crippen molar-refractivity contribution in [2.24, 2.45) is 0 Å². The van der Waals surface area contributed by atoms with Gasteiger partial charge in [-0.25, -0.2) is 8.42 Å². The third-order valence-corrected chi connectivity index (χ3v) is 4.95. The molecular formula is C12H17N3O3S. The number of amides is 1. The molecule has 1 fully saturated rings. The Morgan fingerprint density at radius 2 is 2.11 bits per heavy atom. The number of hydrogen-bond acceptors (Lipinski definition) is 4. The average Bonchev–Trinajstić information content (AvgIpc) is 2.57. The zero-order chi connectivity index (χ0) is 14.0. The maximum absolute atomic E-state index is 12.5. The van der Waals surface area contributed by atoms with Crippen LogP contribution >= 0.6 is 0 Å². The van der Waals surface area contributed by atoms with Gasteiger partial charge in [0.2, 0.25) is 15.9 Å². The predicted octanol–water partition coefficient (Wildman–Crippen LogP) is 0.0878. The summed E-state index contributed by atoms with van der Waals surface area (Å²) >= 11 is 0. The summed E-state index contributed by atoms with van der Waals surface area (Å²) in [5, 5.41) is 2.65. The highest BCUT2D eigenvalue weighted by Gasteiger charge is 2.28. The van der Waals surface area contributed by atoms with Gasteiger partial charge in [-0.2, -0.15) is 4.31 Å². The number of nitrogen functional groups attached to an aromatic ring is 1. The predicted molar refractivity (Wildman–Crippen MR) is 72.0 cm³/mol. The Balaban J connectivity index is 2.35. The molecule has 1 amide bonds. The van der Waals surface area contributed by atoms with Crippen LogP contribution in [0.25, 0.3) is 0 Å². The summed E-state index contributed by atoms with van der Waals surface area (Å²) in [6, 6.07) is 4.58. The summed E-state index contributed by atoms with van der Waals surface area (Å²) in [5.41, 5.74) is 6.94. The second-order valence-corrected chi connectivity index (χ2v) is 6.50. The number of sulfonamides is 1. The number of hydrogen-bond donors (Lipinski definition) is 2. The van der Waals surface area contributed by atoms with Crippen molar-refractivity contribution in [2.75, 3.05) is 25.4 Å². The quantitative estimate of drug-likeness (QED) is 0.752. The summed E-state index contributed by atoms with van der Waals surface area (Å²) in [4.78, 5) is 11.6. The number of aryl methyl sites for hydroxylation is 1. The second kappa shape index (κ2) is 5.18. The van der Waals surface area contributed by atoms with Crippen LogP contribution in [0.4, 0.5) is 5.69 Å². The third-order valence-electron chi connectivity index (χ3n) is 3.11. The van der Waals surface area contributed by atoms with Gasteiger partial charge < -0.3 is 11.1 Å². The zero-order valence-electron chi connectivity index (χ0n) is 10.7. The first-order chi connectivity index (χ1) is 8.91. The molecule has 0 aliphatic carbocycles. The second-order valence-electron chi connectivity index (χ2n) is 4.56. The Morgan fingerprint density at radius 3 is 2.79 bits per heavy atom. The molecule has 0 saturated carbocycles. The first-order valence-electron chi connectivity index (χ1n) is 6.04. The Bertz CT molecular complexity index is 598. The molecule has 1 aromatic carbocycles. The number of benzene rings is 1. The molecule has 0 aromatic heterocycles. The van der Waals surface area contributed by atoms with E-state index < -0.39 is 10.0 Å². The molecule has 0 spiro atoms. The lowest BCUT2D eigenvalue weighted by atomic mass is 10.2. The van der Waals surface area contributed by atoms with E-state index >= 15 is 0 Å². The van der Waals surface area contributed by atoms with E-state index in [4.69, 9.17) is 5.73 Å². The van der Waals surface area contributed by atoms with Gasteiger partial charge in [-0.3, -0.25) is 4.79 Å². The van der Waals surface area contributed by atoms with Crippen LogP contribution < -0.4 is 11.1 Å². The largest absolute Gasteiger partial charge is 0.399 e. The number of nitrogens with two attached hydrogens (primary N) is 1. The Labute approximate surface area is 112 Å². The van der Waals surface area contributed by atoms with E-state index in [9.17, 15) is 13.2 Å². The van der Waals surface area contributed by atoms with Gasteiger partial charge in [0, 0.05) is 18.8 Å². The lowest BCUT2D eigenvalue weighted by molar-refractivity contribution is -0.120. The van der Waals surface area contributed by atoms with Crippen LogP contribution in [0.1, 0.15) is 12.0 Å². The minimum Gasteiger partial charge on any atom is -0.399 e. The Kier molecular flexibility index (Phi) is 3.77. The molecule has 2 rings (SSSR count). The van der Waals surface area contributed by atoms with E-state index in [-0.39, 0.29) is 17.3 Å². The topological polar surface area (TPSA) is 92.5 Å². The molecular weight excluding hydrogens is 266 g/mol. The van der Waals surface area contributed by atoms with Gasteiger partial charge in [-0.1, -0.05) is 0 Å². The van der Waals surface area contributed by atoms with E-state index in [2.05, 4.69) is 5.32 Å². The van der Waals surface area contributed by atoms with Crippen molar-refractivity contribution >= 4 is 21.6 Å². The summed E-state index contributed by atoms with van der Waals surface area (Å²) in [7, 11) is -3.64. The van der Waals surface area contributed by atoms with E-state index in [1.54, 1.807) is 13.0 Å². The zero-order valence-corrected chi connectivity index (χ0v) is 11.5. The van der Waals surface area contributed by atoms with Crippen molar-refractivity contribution in [1.29, 1.82) is 0 Å². The highest BCUT2D eigenvalue weighted by atomic mass is 32.2. The van der Waals surface area contributed by atoms with E-state index in [1.807, 2.05) is 0 Å². The molecule has 3 N–H and O–H groups in total. The van der Waals surface area contributed by atoms with Crippen LogP contribution in [-0.2, 0) is 14.8 Å². The average molecular weight is 283 g/mol. The molecule has 1 heterocycles. The van der Waals surface area contributed by atoms with Crippen molar-refractivity contribution in [3.05, 3.63) is 23.8 Å². The summed E-state index contributed by atoms with van der Waals surface area (Å²) in [5.74, 6) is -0.270. The molecule has 1 aromatic rings. The van der Waals surface area contributed by atoms with Crippen molar-refractivity contribution in [3.8, 4) is 0 Å². The number of anilines is 1. The number of nitrogens with one attached hydrogen (secondary N) is 1. The third kappa shape index (κ3) is 2.87. The fourth-order valence-electron chi connectivity index (χ4n) is 1.94. The van der Waals surface area contributed by atoms with Crippen LogP contribution in [0.5, 0.6) is 0 Å². The maximum Gasteiger partial charge on any atom is 0.243 e. The molecule has 1 aliphatic rings. The van der Waals surface area contributed by atoms with Gasteiger partial charge in [0.05, 0.1) is 11.4 Å². The fraction of sp³-hybridized carbons (Fsp3) is 0.417. The standard InChI is InChI=1S/C12H17N3O3S/c1-9-7-10(3-4-11(9)13)19(17,18)15-6-2-5-14-12(16)8-15/h3-4,7H,2,5-6,8,13H2,1H3,(H,14,16). The van der Waals surface area contributed by atoms with Crippen LogP contribution in [0.2, 0.25) is 0 Å². The van der Waals surface area contributed by atoms with Crippen molar-refractivity contribution < 1.29 is 13.2 Å². The van der Waals surface area contributed by atoms with E-state index in [0.29, 0.717) is 30.8 Å². The van der Waals surface area contributed by atoms with Gasteiger partial charge in [0.15, 0.2) is 0 Å².